The largest absolute Gasteiger partial charge is 0.493 e. The van der Waals surface area contributed by atoms with Crippen LogP contribution in [0.4, 0.5) is 5.69 Å². The highest BCUT2D eigenvalue weighted by Gasteiger charge is 2.31. The molecule has 2 amide bonds. The fourth-order valence-corrected chi connectivity index (χ4v) is 5.16. The molecule has 0 saturated carbocycles. The van der Waals surface area contributed by atoms with Gasteiger partial charge in [-0.25, -0.2) is 0 Å². The van der Waals surface area contributed by atoms with Crippen molar-refractivity contribution in [1.82, 2.24) is 4.90 Å². The van der Waals surface area contributed by atoms with Gasteiger partial charge in [0.15, 0.2) is 11.5 Å². The molecule has 174 valence electrons. The highest BCUT2D eigenvalue weighted by molar-refractivity contribution is 14.1. The van der Waals surface area contributed by atoms with Crippen LogP contribution >= 0.6 is 46.6 Å². The monoisotopic (exact) mass is 596 g/mol. The van der Waals surface area contributed by atoms with Gasteiger partial charge < -0.3 is 14.8 Å². The maximum absolute atomic E-state index is 12.8. The standard InChI is InChI=1S/C24H25IN2O4S2/c1-30-19-11-10-16(13-20(19)31-2)14-21-23(29)27(24(32)33-21)12-5-3-4-9-22(28)26-18-8-6-7-17(25)15-18/h6-8,10-11,13-15H,3-5,9,12H2,1-2H3,(H,26,28)/b21-14-. The van der Waals surface area contributed by atoms with Gasteiger partial charge in [0.2, 0.25) is 5.91 Å². The first-order chi connectivity index (χ1) is 15.9. The van der Waals surface area contributed by atoms with E-state index in [-0.39, 0.29) is 11.8 Å². The Morgan fingerprint density at radius 1 is 1.12 bits per heavy atom. The van der Waals surface area contributed by atoms with Crippen LogP contribution in [0, 0.1) is 3.57 Å². The molecule has 9 heteroatoms. The average molecular weight is 597 g/mol. The zero-order valence-corrected chi connectivity index (χ0v) is 22.2. The van der Waals surface area contributed by atoms with Crippen LogP contribution in [0.1, 0.15) is 31.2 Å². The average Bonchev–Trinajstić information content (AvgIpc) is 3.05. The van der Waals surface area contributed by atoms with E-state index in [1.807, 2.05) is 42.5 Å². The number of carbonyl (C=O) groups is 2. The number of amides is 2. The Morgan fingerprint density at radius 3 is 2.64 bits per heavy atom. The Morgan fingerprint density at radius 2 is 1.91 bits per heavy atom. The number of hydrogen-bond acceptors (Lipinski definition) is 6. The number of benzene rings is 2. The van der Waals surface area contributed by atoms with E-state index in [4.69, 9.17) is 21.7 Å². The van der Waals surface area contributed by atoms with Crippen LogP contribution in [0.5, 0.6) is 11.5 Å². The number of rotatable bonds is 10. The molecule has 6 nitrogen and oxygen atoms in total. The number of hydrogen-bond donors (Lipinski definition) is 1. The summed E-state index contributed by atoms with van der Waals surface area (Å²) in [6, 6.07) is 13.2. The maximum atomic E-state index is 12.8. The van der Waals surface area contributed by atoms with Crippen LogP contribution in [0.25, 0.3) is 6.08 Å². The summed E-state index contributed by atoms with van der Waals surface area (Å²) >= 11 is 8.94. The molecule has 1 fully saturated rings. The molecule has 3 rings (SSSR count). The Labute approximate surface area is 217 Å². The van der Waals surface area contributed by atoms with Crippen LogP contribution < -0.4 is 14.8 Å². The lowest BCUT2D eigenvalue weighted by Gasteiger charge is -2.14. The zero-order chi connectivity index (χ0) is 23.8. The van der Waals surface area contributed by atoms with E-state index in [1.165, 1.54) is 11.8 Å². The number of ether oxygens (including phenoxy) is 2. The molecule has 1 heterocycles. The molecule has 0 atom stereocenters. The molecule has 1 N–H and O–H groups in total. The normalized spacial score (nSPS) is 14.6. The van der Waals surface area contributed by atoms with E-state index >= 15 is 0 Å². The Hall–Kier alpha value is -2.11. The minimum Gasteiger partial charge on any atom is -0.493 e. The quantitative estimate of drug-likeness (QED) is 0.164. The van der Waals surface area contributed by atoms with E-state index in [2.05, 4.69) is 27.9 Å². The first kappa shape index (κ1) is 25.5. The number of halogens is 1. The summed E-state index contributed by atoms with van der Waals surface area (Å²) in [6.07, 6.45) is 4.64. The van der Waals surface area contributed by atoms with Crippen molar-refractivity contribution in [3.8, 4) is 11.5 Å². The van der Waals surface area contributed by atoms with Gasteiger partial charge in [-0.2, -0.15) is 0 Å². The van der Waals surface area contributed by atoms with Crippen LogP contribution in [0.2, 0.25) is 0 Å². The molecule has 1 aliphatic heterocycles. The highest BCUT2D eigenvalue weighted by atomic mass is 127. The smallest absolute Gasteiger partial charge is 0.266 e. The predicted octanol–water partition coefficient (Wildman–Crippen LogP) is 5.71. The SMILES string of the molecule is COc1ccc(/C=C2\SC(=S)N(CCCCCC(=O)Nc3cccc(I)c3)C2=O)cc1OC. The topological polar surface area (TPSA) is 67.9 Å². The number of methoxy groups -OCH3 is 2. The lowest BCUT2D eigenvalue weighted by Crippen LogP contribution is -2.29. The Kier molecular flexibility index (Phi) is 9.57. The minimum absolute atomic E-state index is 0.000430. The summed E-state index contributed by atoms with van der Waals surface area (Å²) < 4.78 is 12.2. The molecule has 0 bridgehead atoms. The van der Waals surface area contributed by atoms with E-state index in [1.54, 1.807) is 25.2 Å². The highest BCUT2D eigenvalue weighted by Crippen LogP contribution is 2.34. The molecule has 0 radical (unpaired) electrons. The maximum Gasteiger partial charge on any atom is 0.266 e. The van der Waals surface area contributed by atoms with Crippen molar-refractivity contribution in [3.63, 3.8) is 0 Å². The molecule has 1 aliphatic rings. The molecule has 0 unspecified atom stereocenters. The van der Waals surface area contributed by atoms with Crippen LogP contribution in [-0.2, 0) is 9.59 Å². The van der Waals surface area contributed by atoms with Gasteiger partial charge >= 0.3 is 0 Å². The summed E-state index contributed by atoms with van der Waals surface area (Å²) in [7, 11) is 3.16. The number of unbranched alkanes of at least 4 members (excludes halogenated alkanes) is 2. The molecular weight excluding hydrogens is 571 g/mol. The van der Waals surface area contributed by atoms with E-state index in [9.17, 15) is 9.59 Å². The van der Waals surface area contributed by atoms with E-state index < -0.39 is 0 Å². The van der Waals surface area contributed by atoms with E-state index in [0.29, 0.717) is 33.7 Å². The summed E-state index contributed by atoms with van der Waals surface area (Å²) in [5.41, 5.74) is 1.65. The van der Waals surface area contributed by atoms with Crippen LogP contribution in [0.15, 0.2) is 47.4 Å². The minimum atomic E-state index is -0.0868. The van der Waals surface area contributed by atoms with Gasteiger partial charge in [0, 0.05) is 22.2 Å². The fraction of sp³-hybridized carbons (Fsp3) is 0.292. The third-order valence-corrected chi connectivity index (χ3v) is 7.02. The molecule has 2 aromatic rings. The second-order valence-electron chi connectivity index (χ2n) is 7.32. The predicted molar refractivity (Wildman–Crippen MR) is 146 cm³/mol. The van der Waals surface area contributed by atoms with Crippen molar-refractivity contribution in [2.24, 2.45) is 0 Å². The number of nitrogens with zero attached hydrogens (tertiary/aromatic N) is 1. The van der Waals surface area contributed by atoms with Crippen molar-refractivity contribution in [3.05, 3.63) is 56.5 Å². The van der Waals surface area contributed by atoms with Crippen LogP contribution in [0.3, 0.4) is 0 Å². The van der Waals surface area contributed by atoms with Crippen molar-refractivity contribution >= 4 is 74.5 Å². The van der Waals surface area contributed by atoms with E-state index in [0.717, 1.165) is 34.1 Å². The van der Waals surface area contributed by atoms with Gasteiger partial charge in [0.25, 0.3) is 5.91 Å². The Bertz CT molecular complexity index is 1070. The molecule has 2 aromatic carbocycles. The molecule has 0 aliphatic carbocycles. The van der Waals surface area contributed by atoms with Gasteiger partial charge in [0.1, 0.15) is 4.32 Å². The number of thioether (sulfide) groups is 1. The summed E-state index contributed by atoms with van der Waals surface area (Å²) in [4.78, 5) is 27.2. The molecule has 0 aromatic heterocycles. The molecular formula is C24H25IN2O4S2. The van der Waals surface area contributed by atoms with Gasteiger partial charge in [-0.1, -0.05) is 42.5 Å². The lowest BCUT2D eigenvalue weighted by molar-refractivity contribution is -0.122. The first-order valence-electron chi connectivity index (χ1n) is 10.4. The fourth-order valence-electron chi connectivity index (χ4n) is 3.31. The second kappa shape index (κ2) is 12.4. The van der Waals surface area contributed by atoms with Crippen molar-refractivity contribution in [2.75, 3.05) is 26.1 Å². The first-order valence-corrected chi connectivity index (χ1v) is 12.7. The third-order valence-electron chi connectivity index (χ3n) is 4.97. The van der Waals surface area contributed by atoms with Gasteiger partial charge in [-0.3, -0.25) is 14.5 Å². The number of carbonyl (C=O) groups excluding carboxylic acids is 2. The zero-order valence-electron chi connectivity index (χ0n) is 18.4. The van der Waals surface area contributed by atoms with Gasteiger partial charge in [-0.05, 0) is 77.4 Å². The lowest BCUT2D eigenvalue weighted by atomic mass is 10.1. The van der Waals surface area contributed by atoms with Crippen molar-refractivity contribution < 1.29 is 19.1 Å². The number of nitrogens with one attached hydrogen (secondary N) is 1. The van der Waals surface area contributed by atoms with Crippen molar-refractivity contribution in [2.45, 2.75) is 25.7 Å². The van der Waals surface area contributed by atoms with Gasteiger partial charge in [0.05, 0.1) is 19.1 Å². The molecule has 33 heavy (non-hydrogen) atoms. The molecule has 0 spiro atoms. The second-order valence-corrected chi connectivity index (χ2v) is 10.2. The summed E-state index contributed by atoms with van der Waals surface area (Å²) in [5.74, 6) is 1.15. The third kappa shape index (κ3) is 7.18. The van der Waals surface area contributed by atoms with Gasteiger partial charge in [-0.15, -0.1) is 0 Å². The van der Waals surface area contributed by atoms with Crippen molar-refractivity contribution in [1.29, 1.82) is 0 Å². The molecule has 1 saturated heterocycles. The summed E-state index contributed by atoms with van der Waals surface area (Å²) in [6.45, 7) is 0.548. The van der Waals surface area contributed by atoms with Crippen LogP contribution in [-0.4, -0.2) is 41.8 Å². The number of anilines is 1. The Balaban J connectivity index is 1.46. The summed E-state index contributed by atoms with van der Waals surface area (Å²) in [5, 5.41) is 2.92. The number of thiocarbonyl (C=S) groups is 1.